The minimum Gasteiger partial charge on any atom is -0.503 e. The highest BCUT2D eigenvalue weighted by Gasteiger charge is 2.33. The fourth-order valence-corrected chi connectivity index (χ4v) is 4.13. The highest BCUT2D eigenvalue weighted by Crippen LogP contribution is 2.31. The standard InChI is InChI=1S/C21H22ClFN4O4S/c22-12-3-1-2-11(15(12)23)6-25-20(30)14-16-13(32)7-24-9-27(8-10-4-5-10)21(31)17(26-16)19(29)18(14)28/h1-3,10,13,24,29,32H,4-9H2,(H,25,30)(H,26,28). The van der Waals surface area contributed by atoms with Crippen molar-refractivity contribution in [2.45, 2.75) is 24.6 Å². The lowest BCUT2D eigenvalue weighted by Crippen LogP contribution is -2.40. The number of pyridine rings is 1. The third-order valence-corrected chi connectivity index (χ3v) is 6.29. The van der Waals surface area contributed by atoms with Gasteiger partial charge in [-0.1, -0.05) is 23.7 Å². The zero-order chi connectivity index (χ0) is 23.0. The smallest absolute Gasteiger partial charge is 0.275 e. The summed E-state index contributed by atoms with van der Waals surface area (Å²) in [6.07, 6.45) is 2.05. The minimum absolute atomic E-state index is 0.0913. The van der Waals surface area contributed by atoms with Crippen LogP contribution in [0.15, 0.2) is 23.0 Å². The third kappa shape index (κ3) is 4.48. The number of nitrogens with one attached hydrogen (secondary N) is 3. The van der Waals surface area contributed by atoms with E-state index in [9.17, 15) is 23.9 Å². The Morgan fingerprint density at radius 3 is 2.81 bits per heavy atom. The van der Waals surface area contributed by atoms with Crippen LogP contribution in [-0.2, 0) is 6.54 Å². The Labute approximate surface area is 193 Å². The maximum absolute atomic E-state index is 14.1. The van der Waals surface area contributed by atoms with Crippen molar-refractivity contribution in [3.05, 3.63) is 61.8 Å². The number of nitrogens with zero attached hydrogens (tertiary/aromatic N) is 1. The zero-order valence-corrected chi connectivity index (χ0v) is 18.6. The van der Waals surface area contributed by atoms with E-state index in [-0.39, 0.29) is 47.3 Å². The summed E-state index contributed by atoms with van der Waals surface area (Å²) in [6.45, 7) is 0.770. The minimum atomic E-state index is -0.988. The van der Waals surface area contributed by atoms with Gasteiger partial charge in [0.2, 0.25) is 5.43 Å². The molecule has 2 aromatic rings. The Morgan fingerprint density at radius 2 is 2.09 bits per heavy atom. The van der Waals surface area contributed by atoms with Gasteiger partial charge in [0.15, 0.2) is 11.4 Å². The number of H-pyrrole nitrogens is 1. The van der Waals surface area contributed by atoms with Crippen LogP contribution in [0.5, 0.6) is 5.75 Å². The van der Waals surface area contributed by atoms with E-state index in [2.05, 4.69) is 28.2 Å². The second-order valence-corrected chi connectivity index (χ2v) is 8.99. The number of halogens is 2. The number of carbonyl (C=O) groups is 2. The topological polar surface area (TPSA) is 115 Å². The lowest BCUT2D eigenvalue weighted by molar-refractivity contribution is 0.0726. The van der Waals surface area contributed by atoms with Gasteiger partial charge in [-0.15, -0.1) is 0 Å². The number of fused-ring (bicyclic) bond motifs is 2. The molecule has 1 aromatic carbocycles. The molecule has 1 atom stereocenters. The molecule has 2 bridgehead atoms. The zero-order valence-electron chi connectivity index (χ0n) is 17.0. The average Bonchev–Trinajstić information content (AvgIpc) is 3.58. The van der Waals surface area contributed by atoms with Crippen LogP contribution in [0.3, 0.4) is 0 Å². The monoisotopic (exact) mass is 480 g/mol. The van der Waals surface area contributed by atoms with Gasteiger partial charge in [0.05, 0.1) is 16.9 Å². The van der Waals surface area contributed by atoms with Crippen molar-refractivity contribution >= 4 is 36.0 Å². The van der Waals surface area contributed by atoms with Crippen molar-refractivity contribution in [3.63, 3.8) is 0 Å². The van der Waals surface area contributed by atoms with E-state index in [4.69, 9.17) is 11.6 Å². The number of benzene rings is 1. The van der Waals surface area contributed by atoms with Crippen molar-refractivity contribution < 1.29 is 19.1 Å². The Kier molecular flexibility index (Phi) is 6.45. The molecule has 1 aliphatic heterocycles. The number of aromatic hydroxyl groups is 1. The number of rotatable bonds is 5. The van der Waals surface area contributed by atoms with Crippen molar-refractivity contribution in [3.8, 4) is 5.75 Å². The SMILES string of the molecule is O=C(NCc1cccc(Cl)c1F)c1c2[nH]c(c(O)c1=O)C(=O)N(CC1CC1)CNCC2S. The molecule has 1 unspecified atom stereocenters. The van der Waals surface area contributed by atoms with E-state index in [0.717, 1.165) is 12.8 Å². The van der Waals surface area contributed by atoms with E-state index in [1.165, 1.54) is 23.1 Å². The molecule has 2 amide bonds. The molecule has 11 heteroatoms. The van der Waals surface area contributed by atoms with Crippen LogP contribution in [-0.4, -0.2) is 46.6 Å². The first-order chi connectivity index (χ1) is 15.3. The van der Waals surface area contributed by atoms with Gasteiger partial charge in [-0.05, 0) is 24.8 Å². The number of hydrogen-bond donors (Lipinski definition) is 5. The van der Waals surface area contributed by atoms with Gasteiger partial charge in [0.25, 0.3) is 11.8 Å². The molecule has 32 heavy (non-hydrogen) atoms. The van der Waals surface area contributed by atoms with Gasteiger partial charge in [0, 0.05) is 30.9 Å². The van der Waals surface area contributed by atoms with E-state index in [0.29, 0.717) is 12.5 Å². The molecule has 1 fully saturated rings. The van der Waals surface area contributed by atoms with Gasteiger partial charge in [-0.2, -0.15) is 12.6 Å². The van der Waals surface area contributed by atoms with Crippen LogP contribution >= 0.6 is 24.2 Å². The van der Waals surface area contributed by atoms with Gasteiger partial charge in [-0.25, -0.2) is 4.39 Å². The van der Waals surface area contributed by atoms with Crippen LogP contribution < -0.4 is 16.1 Å². The number of aromatic nitrogens is 1. The number of aromatic amines is 1. The van der Waals surface area contributed by atoms with Crippen LogP contribution in [0.4, 0.5) is 4.39 Å². The normalized spacial score (nSPS) is 18.7. The highest BCUT2D eigenvalue weighted by molar-refractivity contribution is 7.80. The fourth-order valence-electron chi connectivity index (χ4n) is 3.62. The van der Waals surface area contributed by atoms with E-state index >= 15 is 0 Å². The number of carbonyl (C=O) groups excluding carboxylic acids is 2. The average molecular weight is 481 g/mol. The molecule has 4 N–H and O–H groups in total. The second kappa shape index (κ2) is 9.13. The quantitative estimate of drug-likeness (QED) is 0.421. The van der Waals surface area contributed by atoms with Gasteiger partial charge in [-0.3, -0.25) is 19.7 Å². The molecule has 2 aliphatic rings. The maximum Gasteiger partial charge on any atom is 0.275 e. The van der Waals surface area contributed by atoms with Gasteiger partial charge in [0.1, 0.15) is 11.4 Å². The van der Waals surface area contributed by atoms with Crippen LogP contribution in [0, 0.1) is 11.7 Å². The summed E-state index contributed by atoms with van der Waals surface area (Å²) in [5.41, 5.74) is -1.40. The lowest BCUT2D eigenvalue weighted by atomic mass is 10.1. The first-order valence-electron chi connectivity index (χ1n) is 10.2. The van der Waals surface area contributed by atoms with Crippen LogP contribution in [0.25, 0.3) is 0 Å². The second-order valence-electron chi connectivity index (χ2n) is 7.96. The summed E-state index contributed by atoms with van der Waals surface area (Å²) in [5.74, 6) is -2.47. The van der Waals surface area contributed by atoms with Gasteiger partial charge < -0.3 is 20.3 Å². The number of amides is 2. The van der Waals surface area contributed by atoms with E-state index in [1.54, 1.807) is 0 Å². The molecule has 0 radical (unpaired) electrons. The molecule has 1 saturated carbocycles. The first-order valence-corrected chi connectivity index (χ1v) is 11.1. The summed E-state index contributed by atoms with van der Waals surface area (Å²) in [4.78, 5) is 43.1. The van der Waals surface area contributed by atoms with E-state index < -0.39 is 34.1 Å². The Balaban J connectivity index is 1.67. The van der Waals surface area contributed by atoms with Crippen molar-refractivity contribution in [1.29, 1.82) is 0 Å². The Bertz CT molecular complexity index is 1140. The molecule has 0 spiro atoms. The predicted molar refractivity (Wildman–Crippen MR) is 120 cm³/mol. The Hall–Kier alpha value is -2.56. The van der Waals surface area contributed by atoms with Crippen LogP contribution in [0.1, 0.15) is 50.2 Å². The summed E-state index contributed by atoms with van der Waals surface area (Å²) in [5, 5.41) is 15.3. The van der Waals surface area contributed by atoms with Crippen molar-refractivity contribution in [2.24, 2.45) is 5.92 Å². The summed E-state index contributed by atoms with van der Waals surface area (Å²) < 4.78 is 14.1. The third-order valence-electron chi connectivity index (χ3n) is 5.56. The van der Waals surface area contributed by atoms with Crippen molar-refractivity contribution in [2.75, 3.05) is 19.8 Å². The number of thiol groups is 1. The highest BCUT2D eigenvalue weighted by atomic mass is 35.5. The van der Waals surface area contributed by atoms with Gasteiger partial charge >= 0.3 is 0 Å². The summed E-state index contributed by atoms with van der Waals surface area (Å²) in [7, 11) is 0. The summed E-state index contributed by atoms with van der Waals surface area (Å²) >= 11 is 10.2. The number of hydrogen-bond acceptors (Lipinski definition) is 6. The lowest BCUT2D eigenvalue weighted by Gasteiger charge is -2.22. The molecule has 1 aliphatic carbocycles. The molecule has 8 nitrogen and oxygen atoms in total. The Morgan fingerprint density at radius 1 is 1.34 bits per heavy atom. The van der Waals surface area contributed by atoms with E-state index in [1.807, 2.05) is 0 Å². The molecule has 0 saturated heterocycles. The molecule has 2 heterocycles. The summed E-state index contributed by atoms with van der Waals surface area (Å²) in [6, 6.07) is 4.37. The fraction of sp³-hybridized carbons (Fsp3) is 0.381. The molecular weight excluding hydrogens is 459 g/mol. The van der Waals surface area contributed by atoms with Crippen molar-refractivity contribution in [1.82, 2.24) is 20.5 Å². The largest absolute Gasteiger partial charge is 0.503 e. The predicted octanol–water partition coefficient (Wildman–Crippen LogP) is 2.19. The molecule has 4 rings (SSSR count). The molecule has 170 valence electrons. The molecular formula is C21H22ClFN4O4S. The van der Waals surface area contributed by atoms with Crippen LogP contribution in [0.2, 0.25) is 5.02 Å². The first kappa shape index (κ1) is 22.6. The maximum atomic E-state index is 14.1. The molecule has 1 aromatic heterocycles.